The molecule has 3 rings (SSSR count). The van der Waals surface area contributed by atoms with Gasteiger partial charge in [-0.2, -0.15) is 0 Å². The molecular weight excluding hydrogens is 424 g/mol. The van der Waals surface area contributed by atoms with Crippen LogP contribution < -0.4 is 14.8 Å². The van der Waals surface area contributed by atoms with Gasteiger partial charge in [-0.1, -0.05) is 37.3 Å². The number of carbonyl (C=O) groups excluding carboxylic acids is 2. The predicted molar refractivity (Wildman–Crippen MR) is 110 cm³/mol. The Morgan fingerprint density at radius 3 is 2.61 bits per heavy atom. The molecule has 1 saturated heterocycles. The van der Waals surface area contributed by atoms with Crippen LogP contribution in [0.4, 0.5) is 4.79 Å². The van der Waals surface area contributed by atoms with Gasteiger partial charge in [0.15, 0.2) is 11.5 Å². The Kier molecular flexibility index (Phi) is 6.36. The van der Waals surface area contributed by atoms with Crippen molar-refractivity contribution in [3.8, 4) is 11.5 Å². The fourth-order valence-electron chi connectivity index (χ4n) is 2.86. The molecule has 1 N–H and O–H groups in total. The van der Waals surface area contributed by atoms with E-state index in [4.69, 9.17) is 9.47 Å². The van der Waals surface area contributed by atoms with Crippen LogP contribution in [0.3, 0.4) is 0 Å². The standard InChI is InChI=1S/C21H21BrN2O4/c1-3-9-24-20(25)17(23-21(24)26)11-15-10-16(22)19(18(12-15)27-2)28-13-14-7-5-4-6-8-14/h4-8,10-12H,3,9,13H2,1-2H3,(H,23,26)/b17-11+. The van der Waals surface area contributed by atoms with E-state index < -0.39 is 6.03 Å². The summed E-state index contributed by atoms with van der Waals surface area (Å²) in [5.41, 5.74) is 1.99. The molecule has 2 aromatic rings. The lowest BCUT2D eigenvalue weighted by Crippen LogP contribution is -2.31. The molecule has 0 aromatic heterocycles. The van der Waals surface area contributed by atoms with Gasteiger partial charge >= 0.3 is 6.03 Å². The van der Waals surface area contributed by atoms with Crippen molar-refractivity contribution in [2.75, 3.05) is 13.7 Å². The second-order valence-electron chi connectivity index (χ2n) is 6.25. The summed E-state index contributed by atoms with van der Waals surface area (Å²) in [6.07, 6.45) is 2.34. The molecule has 1 aliphatic rings. The highest BCUT2D eigenvalue weighted by Crippen LogP contribution is 2.38. The summed E-state index contributed by atoms with van der Waals surface area (Å²) >= 11 is 3.51. The van der Waals surface area contributed by atoms with E-state index in [1.165, 1.54) is 4.90 Å². The summed E-state index contributed by atoms with van der Waals surface area (Å²) in [6, 6.07) is 13.0. The van der Waals surface area contributed by atoms with E-state index in [0.29, 0.717) is 41.1 Å². The van der Waals surface area contributed by atoms with Crippen molar-refractivity contribution in [1.29, 1.82) is 0 Å². The Morgan fingerprint density at radius 2 is 1.93 bits per heavy atom. The lowest BCUT2D eigenvalue weighted by Gasteiger charge is -2.14. The van der Waals surface area contributed by atoms with Gasteiger partial charge in [-0.25, -0.2) is 4.79 Å². The first kappa shape index (κ1) is 19.9. The lowest BCUT2D eigenvalue weighted by molar-refractivity contribution is -0.122. The van der Waals surface area contributed by atoms with Gasteiger partial charge < -0.3 is 14.8 Å². The molecule has 0 saturated carbocycles. The number of methoxy groups -OCH3 is 1. The highest BCUT2D eigenvalue weighted by Gasteiger charge is 2.32. The van der Waals surface area contributed by atoms with Crippen molar-refractivity contribution >= 4 is 33.9 Å². The molecule has 1 heterocycles. The average molecular weight is 445 g/mol. The lowest BCUT2D eigenvalue weighted by atomic mass is 10.1. The summed E-state index contributed by atoms with van der Waals surface area (Å²) in [7, 11) is 1.56. The Bertz CT molecular complexity index is 912. The fraction of sp³-hybridized carbons (Fsp3) is 0.238. The van der Waals surface area contributed by atoms with Crippen LogP contribution in [-0.2, 0) is 11.4 Å². The second kappa shape index (κ2) is 8.93. The summed E-state index contributed by atoms with van der Waals surface area (Å²) in [5.74, 6) is 0.772. The fourth-order valence-corrected chi connectivity index (χ4v) is 3.43. The molecule has 0 bridgehead atoms. The minimum atomic E-state index is -0.396. The number of carbonyl (C=O) groups is 2. The van der Waals surface area contributed by atoms with Crippen LogP contribution >= 0.6 is 15.9 Å². The van der Waals surface area contributed by atoms with Gasteiger partial charge in [0, 0.05) is 6.54 Å². The average Bonchev–Trinajstić information content (AvgIpc) is 2.95. The van der Waals surface area contributed by atoms with Gasteiger partial charge in [0.05, 0.1) is 11.6 Å². The third-order valence-corrected chi connectivity index (χ3v) is 4.79. The molecule has 0 spiro atoms. The van der Waals surface area contributed by atoms with Crippen molar-refractivity contribution in [1.82, 2.24) is 10.2 Å². The van der Waals surface area contributed by atoms with E-state index in [2.05, 4.69) is 21.2 Å². The van der Waals surface area contributed by atoms with Gasteiger partial charge in [0.2, 0.25) is 0 Å². The van der Waals surface area contributed by atoms with Gasteiger partial charge in [-0.05, 0) is 51.7 Å². The largest absolute Gasteiger partial charge is 0.493 e. The zero-order valence-corrected chi connectivity index (χ0v) is 17.3. The number of nitrogens with one attached hydrogen (secondary N) is 1. The number of ether oxygens (including phenoxy) is 2. The number of benzene rings is 2. The van der Waals surface area contributed by atoms with Crippen molar-refractivity contribution in [2.45, 2.75) is 20.0 Å². The smallest absolute Gasteiger partial charge is 0.329 e. The molecule has 1 aliphatic heterocycles. The number of imide groups is 1. The molecule has 2 aromatic carbocycles. The summed E-state index contributed by atoms with van der Waals surface area (Å²) in [6.45, 7) is 2.70. The maximum absolute atomic E-state index is 12.4. The molecule has 0 atom stereocenters. The molecule has 6 nitrogen and oxygen atoms in total. The molecular formula is C21H21BrN2O4. The molecule has 0 unspecified atom stereocenters. The highest BCUT2D eigenvalue weighted by atomic mass is 79.9. The van der Waals surface area contributed by atoms with Crippen LogP contribution in [0.15, 0.2) is 52.6 Å². The Morgan fingerprint density at radius 1 is 1.18 bits per heavy atom. The minimum Gasteiger partial charge on any atom is -0.493 e. The predicted octanol–water partition coefficient (Wildman–Crippen LogP) is 4.34. The number of rotatable bonds is 7. The van der Waals surface area contributed by atoms with E-state index in [0.717, 1.165) is 5.56 Å². The van der Waals surface area contributed by atoms with E-state index in [1.807, 2.05) is 43.3 Å². The maximum atomic E-state index is 12.4. The minimum absolute atomic E-state index is 0.241. The van der Waals surface area contributed by atoms with Crippen molar-refractivity contribution in [2.24, 2.45) is 0 Å². The third-order valence-electron chi connectivity index (χ3n) is 4.20. The van der Waals surface area contributed by atoms with Crippen LogP contribution in [0.2, 0.25) is 0 Å². The van der Waals surface area contributed by atoms with E-state index >= 15 is 0 Å². The maximum Gasteiger partial charge on any atom is 0.329 e. The normalized spacial score (nSPS) is 15.1. The van der Waals surface area contributed by atoms with Crippen molar-refractivity contribution < 1.29 is 19.1 Å². The van der Waals surface area contributed by atoms with Gasteiger partial charge in [0.1, 0.15) is 12.3 Å². The van der Waals surface area contributed by atoms with Crippen LogP contribution in [-0.4, -0.2) is 30.5 Å². The number of hydrogen-bond acceptors (Lipinski definition) is 4. The number of amides is 3. The number of halogens is 1. The Hall–Kier alpha value is -2.80. The molecule has 146 valence electrons. The number of nitrogens with zero attached hydrogens (tertiary/aromatic N) is 1. The second-order valence-corrected chi connectivity index (χ2v) is 7.11. The van der Waals surface area contributed by atoms with E-state index in [9.17, 15) is 9.59 Å². The van der Waals surface area contributed by atoms with Gasteiger partial charge in [-0.3, -0.25) is 9.69 Å². The number of urea groups is 1. The molecule has 3 amide bonds. The summed E-state index contributed by atoms with van der Waals surface area (Å²) < 4.78 is 12.1. The van der Waals surface area contributed by atoms with Crippen LogP contribution in [0.5, 0.6) is 11.5 Å². The zero-order chi connectivity index (χ0) is 20.1. The first-order valence-corrected chi connectivity index (χ1v) is 9.71. The molecule has 7 heteroatoms. The summed E-state index contributed by atoms with van der Waals surface area (Å²) in [5, 5.41) is 2.62. The van der Waals surface area contributed by atoms with Crippen LogP contribution in [0.1, 0.15) is 24.5 Å². The summed E-state index contributed by atoms with van der Waals surface area (Å²) in [4.78, 5) is 25.5. The Labute approximate surface area is 172 Å². The SMILES string of the molecule is CCCN1C(=O)N/C(=C/c2cc(Br)c(OCc3ccccc3)c(OC)c2)C1=O. The molecule has 0 radical (unpaired) electrons. The molecule has 1 fully saturated rings. The first-order valence-electron chi connectivity index (χ1n) is 8.92. The first-order chi connectivity index (χ1) is 13.5. The Balaban J connectivity index is 1.83. The van der Waals surface area contributed by atoms with Crippen LogP contribution in [0, 0.1) is 0 Å². The van der Waals surface area contributed by atoms with E-state index in [-0.39, 0.29) is 11.6 Å². The van der Waals surface area contributed by atoms with Crippen LogP contribution in [0.25, 0.3) is 6.08 Å². The van der Waals surface area contributed by atoms with Crippen molar-refractivity contribution in [3.63, 3.8) is 0 Å². The quantitative estimate of drug-likeness (QED) is 0.509. The van der Waals surface area contributed by atoms with E-state index in [1.54, 1.807) is 19.3 Å². The molecule has 28 heavy (non-hydrogen) atoms. The topological polar surface area (TPSA) is 67.9 Å². The third kappa shape index (κ3) is 4.36. The monoisotopic (exact) mass is 444 g/mol. The molecule has 0 aliphatic carbocycles. The highest BCUT2D eigenvalue weighted by molar-refractivity contribution is 9.10. The van der Waals surface area contributed by atoms with Crippen molar-refractivity contribution in [3.05, 3.63) is 63.8 Å². The zero-order valence-electron chi connectivity index (χ0n) is 15.7. The number of hydrogen-bond donors (Lipinski definition) is 1. The van der Waals surface area contributed by atoms with Gasteiger partial charge in [-0.15, -0.1) is 0 Å². The van der Waals surface area contributed by atoms with Gasteiger partial charge in [0.25, 0.3) is 5.91 Å².